The van der Waals surface area contributed by atoms with Crippen LogP contribution in [0.3, 0.4) is 0 Å². The summed E-state index contributed by atoms with van der Waals surface area (Å²) in [6.45, 7) is 8.24. The fourth-order valence-corrected chi connectivity index (χ4v) is 1.56. The third-order valence-corrected chi connectivity index (χ3v) is 2.24. The highest BCUT2D eigenvalue weighted by Crippen LogP contribution is 2.14. The summed E-state index contributed by atoms with van der Waals surface area (Å²) < 4.78 is 6.74. The summed E-state index contributed by atoms with van der Waals surface area (Å²) in [5, 5.41) is 7.92. The minimum absolute atomic E-state index is 0.206. The van der Waals surface area contributed by atoms with Crippen molar-refractivity contribution < 1.29 is 9.53 Å². The largest absolute Gasteiger partial charge is 0.461 e. The Hall–Kier alpha value is -1.39. The number of aromatic nitrogens is 3. The Morgan fingerprint density at radius 2 is 2.12 bits per heavy atom. The molecule has 1 rings (SSSR count). The number of nitrogens with zero attached hydrogens (tertiary/aromatic N) is 3. The van der Waals surface area contributed by atoms with Crippen LogP contribution in [-0.4, -0.2) is 27.6 Å². The van der Waals surface area contributed by atoms with Crippen molar-refractivity contribution in [1.29, 1.82) is 0 Å². The normalized spacial score (nSPS) is 10.8. The Bertz CT molecular complexity index is 358. The van der Waals surface area contributed by atoms with E-state index in [-0.39, 0.29) is 12.0 Å². The van der Waals surface area contributed by atoms with E-state index in [0.717, 1.165) is 18.5 Å². The second-order valence-corrected chi connectivity index (χ2v) is 3.89. The molecule has 0 unspecified atom stereocenters. The fraction of sp³-hybridized carbons (Fsp3) is 0.727. The van der Waals surface area contributed by atoms with Gasteiger partial charge in [-0.05, 0) is 27.2 Å². The van der Waals surface area contributed by atoms with Crippen molar-refractivity contribution in [3.63, 3.8) is 0 Å². The summed E-state index contributed by atoms with van der Waals surface area (Å²) >= 11 is 0. The molecule has 1 aromatic heterocycles. The first kappa shape index (κ1) is 12.7. The highest BCUT2D eigenvalue weighted by molar-refractivity contribution is 5.88. The smallest absolute Gasteiger partial charge is 0.360 e. The third kappa shape index (κ3) is 2.59. The lowest BCUT2D eigenvalue weighted by Gasteiger charge is -2.09. The fourth-order valence-electron chi connectivity index (χ4n) is 1.56. The van der Waals surface area contributed by atoms with E-state index in [0.29, 0.717) is 12.3 Å². The van der Waals surface area contributed by atoms with Crippen LogP contribution in [0.2, 0.25) is 0 Å². The van der Waals surface area contributed by atoms with Crippen molar-refractivity contribution in [2.45, 2.75) is 46.6 Å². The number of hydrogen-bond donors (Lipinski definition) is 0. The molecule has 16 heavy (non-hydrogen) atoms. The Morgan fingerprint density at radius 1 is 1.44 bits per heavy atom. The zero-order chi connectivity index (χ0) is 12.1. The average Bonchev–Trinajstić information content (AvgIpc) is 2.62. The molecule has 0 bridgehead atoms. The van der Waals surface area contributed by atoms with Gasteiger partial charge in [-0.25, -0.2) is 9.48 Å². The number of rotatable bonds is 5. The molecule has 1 heterocycles. The molecule has 0 aliphatic carbocycles. The van der Waals surface area contributed by atoms with Crippen LogP contribution in [0.1, 0.15) is 56.3 Å². The van der Waals surface area contributed by atoms with Crippen molar-refractivity contribution in [3.8, 4) is 0 Å². The number of hydrogen-bond acceptors (Lipinski definition) is 4. The summed E-state index contributed by atoms with van der Waals surface area (Å²) in [5.41, 5.74) is 1.23. The van der Waals surface area contributed by atoms with Crippen molar-refractivity contribution in [2.75, 3.05) is 6.61 Å². The van der Waals surface area contributed by atoms with Gasteiger partial charge in [-0.3, -0.25) is 0 Å². The lowest BCUT2D eigenvalue weighted by atomic mass is 10.2. The van der Waals surface area contributed by atoms with Crippen LogP contribution < -0.4 is 0 Å². The molecule has 0 saturated carbocycles. The number of ether oxygens (including phenoxy) is 1. The molecule has 0 radical (unpaired) electrons. The molecule has 5 nitrogen and oxygen atoms in total. The highest BCUT2D eigenvalue weighted by Gasteiger charge is 2.20. The van der Waals surface area contributed by atoms with Gasteiger partial charge in [0.2, 0.25) is 0 Å². The lowest BCUT2D eigenvalue weighted by molar-refractivity contribution is 0.0518. The maximum Gasteiger partial charge on any atom is 0.360 e. The lowest BCUT2D eigenvalue weighted by Crippen LogP contribution is -2.12. The summed E-state index contributed by atoms with van der Waals surface area (Å²) in [6.07, 6.45) is 1.74. The molecule has 90 valence electrons. The first-order valence-electron chi connectivity index (χ1n) is 5.72. The van der Waals surface area contributed by atoms with Gasteiger partial charge in [0.15, 0.2) is 5.69 Å². The van der Waals surface area contributed by atoms with E-state index in [9.17, 15) is 4.79 Å². The van der Waals surface area contributed by atoms with Gasteiger partial charge >= 0.3 is 5.97 Å². The third-order valence-electron chi connectivity index (χ3n) is 2.24. The van der Waals surface area contributed by atoms with Crippen LogP contribution in [0.4, 0.5) is 0 Å². The molecule has 0 aliphatic rings. The molecular weight excluding hydrogens is 206 g/mol. The second kappa shape index (κ2) is 5.63. The molecule has 0 saturated heterocycles. The van der Waals surface area contributed by atoms with Gasteiger partial charge in [-0.1, -0.05) is 18.6 Å². The molecular formula is C11H19N3O2. The Kier molecular flexibility index (Phi) is 4.46. The van der Waals surface area contributed by atoms with E-state index in [1.54, 1.807) is 11.6 Å². The topological polar surface area (TPSA) is 57.0 Å². The van der Waals surface area contributed by atoms with Crippen LogP contribution in [-0.2, 0) is 11.2 Å². The van der Waals surface area contributed by atoms with Gasteiger partial charge in [0, 0.05) is 6.04 Å². The van der Waals surface area contributed by atoms with E-state index < -0.39 is 0 Å². The molecule has 0 atom stereocenters. The van der Waals surface area contributed by atoms with Crippen LogP contribution in [0.5, 0.6) is 0 Å². The minimum Gasteiger partial charge on any atom is -0.461 e. The number of carbonyl (C=O) groups excluding carboxylic acids is 1. The minimum atomic E-state index is -0.377. The molecule has 5 heteroatoms. The Morgan fingerprint density at radius 3 is 2.62 bits per heavy atom. The average molecular weight is 225 g/mol. The van der Waals surface area contributed by atoms with Crippen LogP contribution >= 0.6 is 0 Å². The Balaban J connectivity index is 3.04. The molecule has 0 fully saturated rings. The zero-order valence-electron chi connectivity index (χ0n) is 10.4. The first-order chi connectivity index (χ1) is 7.61. The Labute approximate surface area is 95.8 Å². The molecule has 0 aliphatic heterocycles. The molecule has 1 aromatic rings. The van der Waals surface area contributed by atoms with E-state index in [1.165, 1.54) is 0 Å². The van der Waals surface area contributed by atoms with Gasteiger partial charge in [0.25, 0.3) is 0 Å². The summed E-state index contributed by atoms with van der Waals surface area (Å²) in [7, 11) is 0. The van der Waals surface area contributed by atoms with E-state index in [1.807, 2.05) is 13.8 Å². The molecule has 0 aromatic carbocycles. The van der Waals surface area contributed by atoms with E-state index in [2.05, 4.69) is 17.2 Å². The second-order valence-electron chi connectivity index (χ2n) is 3.89. The molecule has 0 N–H and O–H groups in total. The monoisotopic (exact) mass is 225 g/mol. The van der Waals surface area contributed by atoms with Gasteiger partial charge in [-0.15, -0.1) is 5.10 Å². The molecule has 0 amide bonds. The van der Waals surface area contributed by atoms with Crippen molar-refractivity contribution >= 4 is 5.97 Å². The molecule has 0 spiro atoms. The number of esters is 1. The van der Waals surface area contributed by atoms with Crippen LogP contribution in [0, 0.1) is 0 Å². The van der Waals surface area contributed by atoms with E-state index >= 15 is 0 Å². The zero-order valence-corrected chi connectivity index (χ0v) is 10.4. The van der Waals surface area contributed by atoms with Gasteiger partial charge in [0.05, 0.1) is 12.3 Å². The number of carbonyl (C=O) groups is 1. The van der Waals surface area contributed by atoms with Crippen molar-refractivity contribution in [3.05, 3.63) is 11.4 Å². The SMILES string of the molecule is CCCc1c(C(=O)OCC)nnn1C(C)C. The van der Waals surface area contributed by atoms with Crippen molar-refractivity contribution in [2.24, 2.45) is 0 Å². The van der Waals surface area contributed by atoms with Gasteiger partial charge < -0.3 is 4.74 Å². The quantitative estimate of drug-likeness (QED) is 0.719. The van der Waals surface area contributed by atoms with E-state index in [4.69, 9.17) is 4.74 Å². The van der Waals surface area contributed by atoms with Crippen molar-refractivity contribution in [1.82, 2.24) is 15.0 Å². The van der Waals surface area contributed by atoms with Gasteiger partial charge in [0.1, 0.15) is 0 Å². The maximum atomic E-state index is 11.6. The summed E-state index contributed by atoms with van der Waals surface area (Å²) in [4.78, 5) is 11.6. The van der Waals surface area contributed by atoms with Crippen LogP contribution in [0.25, 0.3) is 0 Å². The standard InChI is InChI=1S/C11H19N3O2/c1-5-7-9-10(11(15)16-6-2)12-13-14(9)8(3)4/h8H,5-7H2,1-4H3. The predicted molar refractivity (Wildman–Crippen MR) is 60.4 cm³/mol. The summed E-state index contributed by atoms with van der Waals surface area (Å²) in [5.74, 6) is -0.377. The van der Waals surface area contributed by atoms with Crippen LogP contribution in [0.15, 0.2) is 0 Å². The predicted octanol–water partition coefficient (Wildman–Crippen LogP) is 1.99. The highest BCUT2D eigenvalue weighted by atomic mass is 16.5. The first-order valence-corrected chi connectivity index (χ1v) is 5.72. The van der Waals surface area contributed by atoms with Gasteiger partial charge in [-0.2, -0.15) is 0 Å². The summed E-state index contributed by atoms with van der Waals surface area (Å²) in [6, 6.07) is 0.206. The maximum absolute atomic E-state index is 11.6.